The van der Waals surface area contributed by atoms with Crippen molar-refractivity contribution in [1.82, 2.24) is 0 Å². The van der Waals surface area contributed by atoms with Crippen molar-refractivity contribution in [3.05, 3.63) is 22.3 Å². The molecule has 0 radical (unpaired) electrons. The maximum absolute atomic E-state index is 12.9. The lowest BCUT2D eigenvalue weighted by Gasteiger charge is -2.48. The first kappa shape index (κ1) is 14.1. The first-order valence-corrected chi connectivity index (χ1v) is 7.92. The lowest BCUT2D eigenvalue weighted by molar-refractivity contribution is -0.144. The molecule has 0 heterocycles. The predicted molar refractivity (Wildman–Crippen MR) is 80.2 cm³/mol. The van der Waals surface area contributed by atoms with E-state index in [4.69, 9.17) is 0 Å². The Morgan fingerprint density at radius 3 is 1.50 bits per heavy atom. The van der Waals surface area contributed by atoms with E-state index in [9.17, 15) is 9.90 Å². The van der Waals surface area contributed by atoms with Gasteiger partial charge in [0.25, 0.3) is 0 Å². The number of aliphatic hydroxyl groups is 1. The minimum Gasteiger partial charge on any atom is -0.392 e. The Labute approximate surface area is 122 Å². The molecule has 20 heavy (non-hydrogen) atoms. The predicted octanol–water partition coefficient (Wildman–Crippen LogP) is 3.66. The summed E-state index contributed by atoms with van der Waals surface area (Å²) in [6.07, 6.45) is 3.27. The average molecular weight is 274 g/mol. The number of hydrogen-bond donors (Lipinski definition) is 1. The summed E-state index contributed by atoms with van der Waals surface area (Å²) in [6.45, 7) is 8.61. The third kappa shape index (κ3) is 2.00. The topological polar surface area (TPSA) is 37.3 Å². The van der Waals surface area contributed by atoms with Gasteiger partial charge >= 0.3 is 0 Å². The molecule has 3 aliphatic carbocycles. The van der Waals surface area contributed by atoms with Crippen molar-refractivity contribution in [3.63, 3.8) is 0 Å². The molecule has 2 nitrogen and oxygen atoms in total. The molecule has 0 aromatic heterocycles. The number of ketones is 1. The molecule has 0 aliphatic heterocycles. The molecule has 1 saturated carbocycles. The third-order valence-corrected chi connectivity index (χ3v) is 6.23. The maximum atomic E-state index is 12.9. The van der Waals surface area contributed by atoms with Gasteiger partial charge in [0.2, 0.25) is 0 Å². The second kappa shape index (κ2) is 4.84. The SMILES string of the molecule is CC1=C(C)C[C@H]2C(O)[C@@H]3CC(C)=C(C)C[C@@H]3C(=O)[C@H]2C1. The van der Waals surface area contributed by atoms with Gasteiger partial charge in [0.1, 0.15) is 5.78 Å². The van der Waals surface area contributed by atoms with Crippen molar-refractivity contribution < 1.29 is 9.90 Å². The van der Waals surface area contributed by atoms with Crippen LogP contribution in [0.1, 0.15) is 53.4 Å². The van der Waals surface area contributed by atoms with Gasteiger partial charge in [-0.25, -0.2) is 0 Å². The summed E-state index contributed by atoms with van der Waals surface area (Å²) in [7, 11) is 0. The van der Waals surface area contributed by atoms with Gasteiger partial charge in [0.05, 0.1) is 6.10 Å². The molecular formula is C18H26O2. The normalized spacial score (nSPS) is 41.6. The van der Waals surface area contributed by atoms with Crippen LogP contribution in [0.4, 0.5) is 0 Å². The van der Waals surface area contributed by atoms with Crippen LogP contribution < -0.4 is 0 Å². The number of allylic oxidation sites excluding steroid dienone is 4. The number of carbonyl (C=O) groups is 1. The van der Waals surface area contributed by atoms with E-state index in [0.717, 1.165) is 25.7 Å². The van der Waals surface area contributed by atoms with E-state index >= 15 is 0 Å². The Kier molecular flexibility index (Phi) is 3.40. The first-order valence-electron chi connectivity index (χ1n) is 7.92. The molecule has 0 saturated heterocycles. The molecule has 2 heteroatoms. The summed E-state index contributed by atoms with van der Waals surface area (Å²) < 4.78 is 0. The summed E-state index contributed by atoms with van der Waals surface area (Å²) in [5.74, 6) is 0.906. The Morgan fingerprint density at radius 1 is 0.750 bits per heavy atom. The molecule has 1 fully saturated rings. The van der Waals surface area contributed by atoms with Crippen LogP contribution in [0.2, 0.25) is 0 Å². The number of aliphatic hydroxyl groups excluding tert-OH is 1. The fourth-order valence-corrected chi connectivity index (χ4v) is 4.58. The number of hydrogen-bond acceptors (Lipinski definition) is 2. The Balaban J connectivity index is 1.94. The van der Waals surface area contributed by atoms with Crippen molar-refractivity contribution in [1.29, 1.82) is 0 Å². The molecule has 0 aromatic carbocycles. The fraction of sp³-hybridized carbons (Fsp3) is 0.722. The summed E-state index contributed by atoms with van der Waals surface area (Å²) in [6, 6.07) is 0. The largest absolute Gasteiger partial charge is 0.392 e. The van der Waals surface area contributed by atoms with Crippen LogP contribution in [0, 0.1) is 23.7 Å². The van der Waals surface area contributed by atoms with E-state index in [0.29, 0.717) is 5.78 Å². The Bertz CT molecular complexity index is 468. The molecule has 0 amide bonds. The van der Waals surface area contributed by atoms with E-state index in [-0.39, 0.29) is 29.8 Å². The molecule has 4 atom stereocenters. The zero-order valence-corrected chi connectivity index (χ0v) is 13.1. The molecule has 0 unspecified atom stereocenters. The van der Waals surface area contributed by atoms with Crippen molar-refractivity contribution in [2.45, 2.75) is 59.5 Å². The maximum Gasteiger partial charge on any atom is 0.140 e. The molecule has 0 bridgehead atoms. The molecule has 3 rings (SSSR count). The highest BCUT2D eigenvalue weighted by atomic mass is 16.3. The van der Waals surface area contributed by atoms with E-state index in [1.807, 2.05) is 0 Å². The van der Waals surface area contributed by atoms with Crippen LogP contribution >= 0.6 is 0 Å². The lowest BCUT2D eigenvalue weighted by atomic mass is 9.56. The molecule has 3 aliphatic rings. The van der Waals surface area contributed by atoms with Crippen LogP contribution in [-0.4, -0.2) is 17.0 Å². The monoisotopic (exact) mass is 274 g/mol. The van der Waals surface area contributed by atoms with Crippen LogP contribution in [-0.2, 0) is 4.79 Å². The second-order valence-electron chi connectivity index (χ2n) is 7.37. The van der Waals surface area contributed by atoms with E-state index in [1.54, 1.807) is 0 Å². The zero-order valence-electron chi connectivity index (χ0n) is 13.1. The van der Waals surface area contributed by atoms with Crippen LogP contribution in [0.3, 0.4) is 0 Å². The summed E-state index contributed by atoms with van der Waals surface area (Å²) >= 11 is 0. The van der Waals surface area contributed by atoms with E-state index in [1.165, 1.54) is 22.3 Å². The zero-order chi connectivity index (χ0) is 14.6. The Hall–Kier alpha value is -0.890. The third-order valence-electron chi connectivity index (χ3n) is 6.23. The van der Waals surface area contributed by atoms with Gasteiger partial charge in [-0.2, -0.15) is 0 Å². The van der Waals surface area contributed by atoms with Gasteiger partial charge in [-0.1, -0.05) is 22.3 Å². The Morgan fingerprint density at radius 2 is 1.10 bits per heavy atom. The van der Waals surface area contributed by atoms with E-state index < -0.39 is 0 Å². The summed E-state index contributed by atoms with van der Waals surface area (Å²) in [5.41, 5.74) is 5.50. The van der Waals surface area contributed by atoms with E-state index in [2.05, 4.69) is 27.7 Å². The van der Waals surface area contributed by atoms with Crippen LogP contribution in [0.15, 0.2) is 22.3 Å². The second-order valence-corrected chi connectivity index (χ2v) is 7.37. The smallest absolute Gasteiger partial charge is 0.140 e. The fourth-order valence-electron chi connectivity index (χ4n) is 4.58. The lowest BCUT2D eigenvalue weighted by Crippen LogP contribution is -2.52. The summed E-state index contributed by atoms with van der Waals surface area (Å²) in [5, 5.41) is 10.8. The van der Waals surface area contributed by atoms with Gasteiger partial charge in [0.15, 0.2) is 0 Å². The van der Waals surface area contributed by atoms with Gasteiger partial charge in [-0.3, -0.25) is 4.79 Å². The highest BCUT2D eigenvalue weighted by Crippen LogP contribution is 2.50. The highest BCUT2D eigenvalue weighted by Gasteiger charge is 2.51. The number of carbonyl (C=O) groups excluding carboxylic acids is 1. The van der Waals surface area contributed by atoms with Crippen molar-refractivity contribution in [2.75, 3.05) is 0 Å². The number of fused-ring (bicyclic) bond motifs is 2. The van der Waals surface area contributed by atoms with Crippen molar-refractivity contribution in [3.8, 4) is 0 Å². The molecule has 0 aromatic rings. The van der Waals surface area contributed by atoms with Gasteiger partial charge in [0, 0.05) is 11.8 Å². The number of Topliss-reactive ketones (excluding diaryl/α,β-unsaturated/α-hetero) is 1. The van der Waals surface area contributed by atoms with Crippen LogP contribution in [0.25, 0.3) is 0 Å². The summed E-state index contributed by atoms with van der Waals surface area (Å²) in [4.78, 5) is 12.9. The molecule has 1 N–H and O–H groups in total. The standard InChI is InChI=1S/C18H26O2/c1-9-5-13-14(6-10(9)2)18(20)16-8-12(4)11(3)7-15(16)17(13)19/h13-17,19H,5-8H2,1-4H3/t13-,14+,15-,16+/m1/s1. The highest BCUT2D eigenvalue weighted by molar-refractivity contribution is 5.86. The molecule has 110 valence electrons. The van der Waals surface area contributed by atoms with Crippen LogP contribution in [0.5, 0.6) is 0 Å². The van der Waals surface area contributed by atoms with Crippen molar-refractivity contribution >= 4 is 5.78 Å². The minimum absolute atomic E-state index is 0.0705. The quantitative estimate of drug-likeness (QED) is 0.685. The first-order chi connectivity index (χ1) is 9.40. The average Bonchev–Trinajstić information content (AvgIpc) is 2.41. The molecular weight excluding hydrogens is 248 g/mol. The minimum atomic E-state index is -0.297. The van der Waals surface area contributed by atoms with Gasteiger partial charge in [-0.15, -0.1) is 0 Å². The van der Waals surface area contributed by atoms with Gasteiger partial charge in [-0.05, 0) is 65.2 Å². The van der Waals surface area contributed by atoms with Gasteiger partial charge < -0.3 is 5.11 Å². The van der Waals surface area contributed by atoms with Crippen molar-refractivity contribution in [2.24, 2.45) is 23.7 Å². The molecule has 0 spiro atoms. The number of rotatable bonds is 0.